The van der Waals surface area contributed by atoms with Gasteiger partial charge in [-0.25, -0.2) is 0 Å². The standard InChI is InChI=1S/C13H15N3/c14-11-13(16-8-6-15-7-9-16)10-12-4-2-1-3-5-12/h1-5,10,15H,6-9H2. The lowest BCUT2D eigenvalue weighted by Crippen LogP contribution is -2.42. The summed E-state index contributed by atoms with van der Waals surface area (Å²) < 4.78 is 0. The van der Waals surface area contributed by atoms with Crippen molar-refractivity contribution in [3.63, 3.8) is 0 Å². The van der Waals surface area contributed by atoms with Gasteiger partial charge in [0.05, 0.1) is 0 Å². The minimum absolute atomic E-state index is 0.757. The second-order valence-electron chi connectivity index (χ2n) is 3.79. The second kappa shape index (κ2) is 5.34. The van der Waals surface area contributed by atoms with Crippen LogP contribution in [0.2, 0.25) is 0 Å². The number of nitriles is 1. The highest BCUT2D eigenvalue weighted by atomic mass is 15.2. The van der Waals surface area contributed by atoms with Crippen LogP contribution in [0.4, 0.5) is 0 Å². The first kappa shape index (κ1) is 10.7. The Bertz CT molecular complexity index is 397. The van der Waals surface area contributed by atoms with Gasteiger partial charge in [0.1, 0.15) is 11.8 Å². The van der Waals surface area contributed by atoms with Crippen LogP contribution in [0, 0.1) is 11.3 Å². The lowest BCUT2D eigenvalue weighted by atomic mass is 10.2. The average Bonchev–Trinajstić information content (AvgIpc) is 2.38. The van der Waals surface area contributed by atoms with Crippen LogP contribution in [0.1, 0.15) is 5.56 Å². The lowest BCUT2D eigenvalue weighted by molar-refractivity contribution is 0.311. The van der Waals surface area contributed by atoms with E-state index in [-0.39, 0.29) is 0 Å². The molecule has 0 saturated carbocycles. The topological polar surface area (TPSA) is 39.1 Å². The molecular formula is C13H15N3. The van der Waals surface area contributed by atoms with E-state index in [0.29, 0.717) is 0 Å². The zero-order valence-corrected chi connectivity index (χ0v) is 9.19. The van der Waals surface area contributed by atoms with E-state index in [1.165, 1.54) is 0 Å². The molecule has 0 spiro atoms. The zero-order valence-electron chi connectivity index (χ0n) is 9.19. The molecule has 1 aromatic rings. The first-order valence-corrected chi connectivity index (χ1v) is 5.52. The molecule has 0 bridgehead atoms. The van der Waals surface area contributed by atoms with Crippen molar-refractivity contribution in [1.29, 1.82) is 5.26 Å². The number of benzene rings is 1. The van der Waals surface area contributed by atoms with E-state index in [9.17, 15) is 0 Å². The number of hydrogen-bond acceptors (Lipinski definition) is 3. The normalized spacial score (nSPS) is 16.9. The maximum atomic E-state index is 9.16. The molecule has 1 fully saturated rings. The van der Waals surface area contributed by atoms with E-state index in [4.69, 9.17) is 5.26 Å². The van der Waals surface area contributed by atoms with Crippen molar-refractivity contribution in [1.82, 2.24) is 10.2 Å². The fourth-order valence-electron chi connectivity index (χ4n) is 1.81. The number of hydrogen-bond donors (Lipinski definition) is 1. The van der Waals surface area contributed by atoms with Gasteiger partial charge in [0.2, 0.25) is 0 Å². The van der Waals surface area contributed by atoms with Crippen LogP contribution in [0.25, 0.3) is 6.08 Å². The Morgan fingerprint density at radius 1 is 1.25 bits per heavy atom. The first-order chi connectivity index (χ1) is 7.90. The number of nitrogens with one attached hydrogen (secondary N) is 1. The Labute approximate surface area is 96.0 Å². The molecule has 0 unspecified atom stereocenters. The fourth-order valence-corrected chi connectivity index (χ4v) is 1.81. The van der Waals surface area contributed by atoms with Crippen molar-refractivity contribution in [2.45, 2.75) is 0 Å². The molecule has 0 aliphatic carbocycles. The van der Waals surface area contributed by atoms with Crippen molar-refractivity contribution in [3.05, 3.63) is 41.6 Å². The third-order valence-electron chi connectivity index (χ3n) is 2.68. The molecule has 1 N–H and O–H groups in total. The Hall–Kier alpha value is -1.79. The number of rotatable bonds is 2. The van der Waals surface area contributed by atoms with Crippen LogP contribution in [0.15, 0.2) is 36.0 Å². The first-order valence-electron chi connectivity index (χ1n) is 5.52. The number of piperazine rings is 1. The van der Waals surface area contributed by atoms with Gasteiger partial charge in [0.15, 0.2) is 0 Å². The Balaban J connectivity index is 2.16. The summed E-state index contributed by atoms with van der Waals surface area (Å²) in [5.41, 5.74) is 1.84. The molecule has 3 nitrogen and oxygen atoms in total. The highest BCUT2D eigenvalue weighted by Crippen LogP contribution is 2.10. The van der Waals surface area contributed by atoms with E-state index < -0.39 is 0 Å². The summed E-state index contributed by atoms with van der Waals surface area (Å²) >= 11 is 0. The van der Waals surface area contributed by atoms with Crippen LogP contribution in [-0.4, -0.2) is 31.1 Å². The van der Waals surface area contributed by atoms with Crippen molar-refractivity contribution >= 4 is 6.08 Å². The zero-order chi connectivity index (χ0) is 11.2. The van der Waals surface area contributed by atoms with E-state index >= 15 is 0 Å². The van der Waals surface area contributed by atoms with Gasteiger partial charge in [0.25, 0.3) is 0 Å². The third kappa shape index (κ3) is 2.62. The molecule has 1 aliphatic rings. The molecular weight excluding hydrogens is 198 g/mol. The summed E-state index contributed by atoms with van der Waals surface area (Å²) in [6.07, 6.45) is 1.95. The van der Waals surface area contributed by atoms with Gasteiger partial charge < -0.3 is 10.2 Å². The molecule has 2 rings (SSSR count). The minimum atomic E-state index is 0.757. The lowest BCUT2D eigenvalue weighted by Gasteiger charge is -2.28. The van der Waals surface area contributed by atoms with E-state index in [2.05, 4.69) is 16.3 Å². The van der Waals surface area contributed by atoms with Gasteiger partial charge in [0, 0.05) is 26.2 Å². The van der Waals surface area contributed by atoms with Crippen LogP contribution in [0.5, 0.6) is 0 Å². The minimum Gasteiger partial charge on any atom is -0.360 e. The highest BCUT2D eigenvalue weighted by molar-refractivity contribution is 5.56. The van der Waals surface area contributed by atoms with Gasteiger partial charge in [-0.15, -0.1) is 0 Å². The van der Waals surface area contributed by atoms with Crippen molar-refractivity contribution < 1.29 is 0 Å². The van der Waals surface area contributed by atoms with Crippen LogP contribution in [-0.2, 0) is 0 Å². The van der Waals surface area contributed by atoms with Crippen molar-refractivity contribution in [3.8, 4) is 6.07 Å². The smallest absolute Gasteiger partial charge is 0.117 e. The summed E-state index contributed by atoms with van der Waals surface area (Å²) in [5, 5.41) is 12.4. The van der Waals surface area contributed by atoms with Crippen LogP contribution >= 0.6 is 0 Å². The van der Waals surface area contributed by atoms with Gasteiger partial charge in [-0.3, -0.25) is 0 Å². The van der Waals surface area contributed by atoms with Crippen molar-refractivity contribution in [2.24, 2.45) is 0 Å². The Morgan fingerprint density at radius 2 is 1.94 bits per heavy atom. The molecule has 82 valence electrons. The van der Waals surface area contributed by atoms with Crippen LogP contribution in [0.3, 0.4) is 0 Å². The summed E-state index contributed by atoms with van der Waals surface area (Å²) in [7, 11) is 0. The van der Waals surface area contributed by atoms with Gasteiger partial charge in [-0.2, -0.15) is 5.26 Å². The van der Waals surface area contributed by atoms with Crippen molar-refractivity contribution in [2.75, 3.05) is 26.2 Å². The summed E-state index contributed by atoms with van der Waals surface area (Å²) in [4.78, 5) is 2.13. The molecule has 1 aromatic carbocycles. The Morgan fingerprint density at radius 3 is 2.56 bits per heavy atom. The molecule has 1 saturated heterocycles. The van der Waals surface area contributed by atoms with E-state index in [0.717, 1.165) is 37.4 Å². The maximum absolute atomic E-state index is 9.16. The third-order valence-corrected chi connectivity index (χ3v) is 2.68. The van der Waals surface area contributed by atoms with E-state index in [1.54, 1.807) is 0 Å². The van der Waals surface area contributed by atoms with Gasteiger partial charge in [-0.05, 0) is 11.6 Å². The fraction of sp³-hybridized carbons (Fsp3) is 0.308. The number of allylic oxidation sites excluding steroid dienone is 1. The molecule has 1 heterocycles. The summed E-state index contributed by atoms with van der Waals surface area (Å²) in [6, 6.07) is 12.3. The quantitative estimate of drug-likeness (QED) is 0.756. The van der Waals surface area contributed by atoms with Crippen LogP contribution < -0.4 is 5.32 Å². The molecule has 0 atom stereocenters. The van der Waals surface area contributed by atoms with E-state index in [1.807, 2.05) is 36.4 Å². The monoisotopic (exact) mass is 213 g/mol. The van der Waals surface area contributed by atoms with Gasteiger partial charge >= 0.3 is 0 Å². The molecule has 1 aliphatic heterocycles. The molecule has 0 radical (unpaired) electrons. The summed E-state index contributed by atoms with van der Waals surface area (Å²) in [5.74, 6) is 0. The molecule has 16 heavy (non-hydrogen) atoms. The number of nitrogens with zero attached hydrogens (tertiary/aromatic N) is 2. The molecule has 0 aromatic heterocycles. The second-order valence-corrected chi connectivity index (χ2v) is 3.79. The highest BCUT2D eigenvalue weighted by Gasteiger charge is 2.12. The average molecular weight is 213 g/mol. The summed E-state index contributed by atoms with van der Waals surface area (Å²) in [6.45, 7) is 3.72. The molecule has 0 amide bonds. The SMILES string of the molecule is N#CC(=Cc1ccccc1)N1CCNCC1. The maximum Gasteiger partial charge on any atom is 0.117 e. The molecule has 3 heteroatoms. The largest absolute Gasteiger partial charge is 0.360 e. The predicted octanol–water partition coefficient (Wildman–Crippen LogP) is 1.46. The Kier molecular flexibility index (Phi) is 3.58. The predicted molar refractivity (Wildman–Crippen MR) is 64.5 cm³/mol. The van der Waals surface area contributed by atoms with Gasteiger partial charge in [-0.1, -0.05) is 30.3 Å².